The van der Waals surface area contributed by atoms with Gasteiger partial charge in [-0.15, -0.1) is 0 Å². The van der Waals surface area contributed by atoms with E-state index in [-0.39, 0.29) is 0 Å². The molecule has 1 aromatic carbocycles. The molecule has 0 aliphatic heterocycles. The van der Waals surface area contributed by atoms with Crippen molar-refractivity contribution >= 4 is 22.7 Å². The lowest BCUT2D eigenvalue weighted by atomic mass is 10.1. The molecular weight excluding hydrogens is 260 g/mol. The molecule has 0 aliphatic rings. The quantitative estimate of drug-likeness (QED) is 0.794. The number of aromatic nitrogens is 4. The van der Waals surface area contributed by atoms with Crippen LogP contribution in [0.1, 0.15) is 5.56 Å². The van der Waals surface area contributed by atoms with Gasteiger partial charge in [0.1, 0.15) is 17.1 Å². The fraction of sp³-hybridized carbons (Fsp3) is 0.154. The molecule has 0 saturated carbocycles. The molecule has 1 N–H and O–H groups in total. The van der Waals surface area contributed by atoms with Crippen LogP contribution in [-0.2, 0) is 0 Å². The van der Waals surface area contributed by atoms with Crippen LogP contribution < -0.4 is 4.74 Å². The van der Waals surface area contributed by atoms with E-state index in [2.05, 4.69) is 27.1 Å². The number of pyridine rings is 1. The summed E-state index contributed by atoms with van der Waals surface area (Å²) in [5.74, 6) is 0.841. The first-order chi connectivity index (χ1) is 9.26. The lowest BCUT2D eigenvalue weighted by Crippen LogP contribution is -1.89. The van der Waals surface area contributed by atoms with E-state index in [9.17, 15) is 0 Å². The van der Waals surface area contributed by atoms with Gasteiger partial charge in [-0.25, -0.2) is 9.97 Å². The number of hydrogen-bond acceptors (Lipinski definition) is 5. The molecule has 0 radical (unpaired) electrons. The number of benzene rings is 1. The van der Waals surface area contributed by atoms with Crippen LogP contribution in [-0.4, -0.2) is 27.3 Å². The molecule has 6 heteroatoms. The van der Waals surface area contributed by atoms with Gasteiger partial charge in [0, 0.05) is 5.39 Å². The molecule has 0 fully saturated rings. The zero-order valence-electron chi connectivity index (χ0n) is 10.5. The lowest BCUT2D eigenvalue weighted by molar-refractivity contribution is 0.415. The van der Waals surface area contributed by atoms with Crippen molar-refractivity contribution in [3.63, 3.8) is 0 Å². The number of fused-ring (bicyclic) bond motifs is 1. The van der Waals surface area contributed by atoms with Crippen LogP contribution in [0.4, 0.5) is 0 Å². The van der Waals surface area contributed by atoms with Gasteiger partial charge in [-0.2, -0.15) is 5.10 Å². The second-order valence-electron chi connectivity index (χ2n) is 4.05. The fourth-order valence-corrected chi connectivity index (χ4v) is 2.64. The molecule has 0 bridgehead atoms. The van der Waals surface area contributed by atoms with Crippen LogP contribution in [0.5, 0.6) is 5.75 Å². The highest BCUT2D eigenvalue weighted by Gasteiger charge is 2.07. The third-order valence-corrected chi connectivity index (χ3v) is 3.60. The van der Waals surface area contributed by atoms with E-state index in [1.807, 2.05) is 24.3 Å². The minimum absolute atomic E-state index is 0.736. The molecule has 3 aromatic rings. The van der Waals surface area contributed by atoms with E-state index >= 15 is 0 Å². The number of ether oxygens (including phenoxy) is 1. The standard InChI is InChI=1S/C13H12N4OS/c1-8-5-12(19-13-14-7-15-17-13)16-11-4-3-9(18-2)6-10(8)11/h3-7H,1-2H3,(H,14,15,17). The Labute approximate surface area is 114 Å². The Balaban J connectivity index is 2.04. The van der Waals surface area contributed by atoms with Gasteiger partial charge in [0.15, 0.2) is 5.16 Å². The second kappa shape index (κ2) is 4.89. The first kappa shape index (κ1) is 12.0. The van der Waals surface area contributed by atoms with Crippen molar-refractivity contribution in [2.75, 3.05) is 7.11 Å². The van der Waals surface area contributed by atoms with Crippen LogP contribution in [0.3, 0.4) is 0 Å². The predicted molar refractivity (Wildman–Crippen MR) is 73.5 cm³/mol. The summed E-state index contributed by atoms with van der Waals surface area (Å²) in [6.07, 6.45) is 1.49. The Kier molecular flexibility index (Phi) is 3.08. The molecule has 2 heterocycles. The summed E-state index contributed by atoms with van der Waals surface area (Å²) >= 11 is 1.46. The van der Waals surface area contributed by atoms with Gasteiger partial charge in [0.2, 0.25) is 0 Å². The average molecular weight is 272 g/mol. The van der Waals surface area contributed by atoms with E-state index in [0.717, 1.165) is 32.4 Å². The molecule has 0 amide bonds. The Morgan fingerprint density at radius 2 is 2.16 bits per heavy atom. The van der Waals surface area contributed by atoms with Crippen molar-refractivity contribution in [1.82, 2.24) is 20.2 Å². The van der Waals surface area contributed by atoms with Crippen molar-refractivity contribution < 1.29 is 4.74 Å². The first-order valence-electron chi connectivity index (χ1n) is 5.75. The zero-order chi connectivity index (χ0) is 13.2. The van der Waals surface area contributed by atoms with Gasteiger partial charge in [-0.05, 0) is 48.5 Å². The van der Waals surface area contributed by atoms with Gasteiger partial charge in [0.25, 0.3) is 0 Å². The fourth-order valence-electron chi connectivity index (χ4n) is 1.86. The zero-order valence-corrected chi connectivity index (χ0v) is 11.4. The van der Waals surface area contributed by atoms with E-state index in [0.29, 0.717) is 0 Å². The van der Waals surface area contributed by atoms with Gasteiger partial charge in [-0.3, -0.25) is 5.10 Å². The number of methoxy groups -OCH3 is 1. The molecule has 0 atom stereocenters. The lowest BCUT2D eigenvalue weighted by Gasteiger charge is -2.07. The summed E-state index contributed by atoms with van der Waals surface area (Å²) in [6, 6.07) is 7.92. The Bertz CT molecular complexity index is 712. The molecule has 96 valence electrons. The summed E-state index contributed by atoms with van der Waals surface area (Å²) in [5, 5.41) is 9.37. The number of rotatable bonds is 3. The maximum Gasteiger partial charge on any atom is 0.189 e. The molecule has 5 nitrogen and oxygen atoms in total. The highest BCUT2D eigenvalue weighted by atomic mass is 32.2. The second-order valence-corrected chi connectivity index (χ2v) is 5.06. The van der Waals surface area contributed by atoms with Crippen molar-refractivity contribution in [1.29, 1.82) is 0 Å². The number of aryl methyl sites for hydroxylation is 1. The molecule has 3 rings (SSSR count). The van der Waals surface area contributed by atoms with Crippen molar-refractivity contribution in [2.24, 2.45) is 0 Å². The minimum atomic E-state index is 0.736. The van der Waals surface area contributed by atoms with E-state index < -0.39 is 0 Å². The number of H-pyrrole nitrogens is 1. The Morgan fingerprint density at radius 1 is 1.26 bits per heavy atom. The third-order valence-electron chi connectivity index (χ3n) is 2.79. The van der Waals surface area contributed by atoms with Crippen LogP contribution >= 0.6 is 11.8 Å². The third kappa shape index (κ3) is 2.39. The van der Waals surface area contributed by atoms with Crippen LogP contribution in [0.2, 0.25) is 0 Å². The maximum absolute atomic E-state index is 5.24. The highest BCUT2D eigenvalue weighted by Crippen LogP contribution is 2.28. The van der Waals surface area contributed by atoms with Crippen LogP contribution in [0.15, 0.2) is 40.8 Å². The Morgan fingerprint density at radius 3 is 2.89 bits per heavy atom. The largest absolute Gasteiger partial charge is 0.497 e. The molecule has 19 heavy (non-hydrogen) atoms. The maximum atomic E-state index is 5.24. The van der Waals surface area contributed by atoms with Gasteiger partial charge in [-0.1, -0.05) is 0 Å². The highest BCUT2D eigenvalue weighted by molar-refractivity contribution is 7.99. The van der Waals surface area contributed by atoms with Gasteiger partial charge >= 0.3 is 0 Å². The summed E-state index contributed by atoms with van der Waals surface area (Å²) in [6.45, 7) is 2.06. The average Bonchev–Trinajstić information content (AvgIpc) is 2.91. The minimum Gasteiger partial charge on any atom is -0.497 e. The van der Waals surface area contributed by atoms with Crippen LogP contribution in [0, 0.1) is 6.92 Å². The molecule has 0 saturated heterocycles. The normalized spacial score (nSPS) is 10.8. The molecule has 0 spiro atoms. The number of aromatic amines is 1. The molecule has 0 aliphatic carbocycles. The van der Waals surface area contributed by atoms with E-state index in [4.69, 9.17) is 4.74 Å². The summed E-state index contributed by atoms with van der Waals surface area (Å²) in [5.41, 5.74) is 2.11. The summed E-state index contributed by atoms with van der Waals surface area (Å²) in [7, 11) is 1.66. The van der Waals surface area contributed by atoms with Gasteiger partial charge < -0.3 is 4.74 Å². The Hall–Kier alpha value is -2.08. The number of hydrogen-bond donors (Lipinski definition) is 1. The van der Waals surface area contributed by atoms with Crippen molar-refractivity contribution in [2.45, 2.75) is 17.1 Å². The molecule has 0 unspecified atom stereocenters. The molecular formula is C13H12N4OS. The van der Waals surface area contributed by atoms with Crippen molar-refractivity contribution in [3.05, 3.63) is 36.2 Å². The van der Waals surface area contributed by atoms with Crippen molar-refractivity contribution in [3.8, 4) is 5.75 Å². The SMILES string of the molecule is COc1ccc2nc(Sc3ncn[nH]3)cc(C)c2c1. The summed E-state index contributed by atoms with van der Waals surface area (Å²) in [4.78, 5) is 8.69. The number of nitrogens with one attached hydrogen (secondary N) is 1. The first-order valence-corrected chi connectivity index (χ1v) is 6.56. The van der Waals surface area contributed by atoms with E-state index in [1.165, 1.54) is 18.1 Å². The van der Waals surface area contributed by atoms with E-state index in [1.54, 1.807) is 7.11 Å². The monoisotopic (exact) mass is 272 g/mol. The predicted octanol–water partition coefficient (Wildman–Crippen LogP) is 2.82. The topological polar surface area (TPSA) is 63.7 Å². The summed E-state index contributed by atoms with van der Waals surface area (Å²) < 4.78 is 5.24. The van der Waals surface area contributed by atoms with Gasteiger partial charge in [0.05, 0.1) is 12.6 Å². The smallest absolute Gasteiger partial charge is 0.189 e. The molecule has 2 aromatic heterocycles. The van der Waals surface area contributed by atoms with Crippen LogP contribution in [0.25, 0.3) is 10.9 Å². The number of nitrogens with zero attached hydrogens (tertiary/aromatic N) is 3.